The highest BCUT2D eigenvalue weighted by atomic mass is 16.4. The predicted molar refractivity (Wildman–Crippen MR) is 81.9 cm³/mol. The first-order valence-electron chi connectivity index (χ1n) is 6.81. The van der Waals surface area contributed by atoms with Gasteiger partial charge in [-0.25, -0.2) is 4.79 Å². The lowest BCUT2D eigenvalue weighted by Crippen LogP contribution is -2.41. The molecular weight excluding hydrogens is 270 g/mol. The van der Waals surface area contributed by atoms with Crippen molar-refractivity contribution in [2.24, 2.45) is 5.92 Å². The summed E-state index contributed by atoms with van der Waals surface area (Å²) in [5.41, 5.74) is 0.689. The van der Waals surface area contributed by atoms with Crippen LogP contribution >= 0.6 is 0 Å². The smallest absolute Gasteiger partial charge is 0.326 e. The summed E-state index contributed by atoms with van der Waals surface area (Å²) in [6.45, 7) is 9.28. The van der Waals surface area contributed by atoms with E-state index in [2.05, 4.69) is 11.9 Å². The number of allylic oxidation sites excluding steroid dienone is 1. The standard InChI is InChI=1S/C16H21NO4/c1-5-7-13-11(6-2)9-14(21-13)15(18)17-12(16(19)20)8-10(3)4/h5-7,9-10,12H,2,8H2,1,3-4H3,(H,17,18)(H,19,20)/b7-5-. The van der Waals surface area contributed by atoms with E-state index in [0.717, 1.165) is 0 Å². The Balaban J connectivity index is 2.92. The molecule has 0 aliphatic carbocycles. The van der Waals surface area contributed by atoms with Crippen LogP contribution < -0.4 is 5.32 Å². The molecule has 5 nitrogen and oxygen atoms in total. The Bertz CT molecular complexity index is 555. The summed E-state index contributed by atoms with van der Waals surface area (Å²) in [5.74, 6) is -0.838. The first-order valence-corrected chi connectivity index (χ1v) is 6.81. The molecule has 0 saturated heterocycles. The third kappa shape index (κ3) is 4.63. The summed E-state index contributed by atoms with van der Waals surface area (Å²) >= 11 is 0. The van der Waals surface area contributed by atoms with E-state index in [1.54, 1.807) is 24.3 Å². The molecule has 1 amide bonds. The van der Waals surface area contributed by atoms with Gasteiger partial charge < -0.3 is 14.8 Å². The Labute approximate surface area is 124 Å². The van der Waals surface area contributed by atoms with Crippen LogP contribution in [0.25, 0.3) is 12.2 Å². The topological polar surface area (TPSA) is 79.5 Å². The van der Waals surface area contributed by atoms with Gasteiger partial charge in [0.1, 0.15) is 11.8 Å². The molecule has 1 aromatic rings. The number of nitrogens with one attached hydrogen (secondary N) is 1. The number of carbonyl (C=O) groups excluding carboxylic acids is 1. The number of furan rings is 1. The van der Waals surface area contributed by atoms with E-state index in [1.807, 2.05) is 20.8 Å². The van der Waals surface area contributed by atoms with Gasteiger partial charge in [0, 0.05) is 5.56 Å². The molecule has 2 N–H and O–H groups in total. The summed E-state index contributed by atoms with van der Waals surface area (Å²) in [6, 6.07) is 0.617. The van der Waals surface area contributed by atoms with E-state index in [9.17, 15) is 9.59 Å². The van der Waals surface area contributed by atoms with Crippen molar-refractivity contribution in [3.63, 3.8) is 0 Å². The van der Waals surface area contributed by atoms with Gasteiger partial charge in [-0.1, -0.05) is 32.6 Å². The maximum absolute atomic E-state index is 12.1. The Morgan fingerprint density at radius 3 is 2.62 bits per heavy atom. The van der Waals surface area contributed by atoms with Crippen molar-refractivity contribution in [3.8, 4) is 0 Å². The number of carbonyl (C=O) groups is 2. The molecule has 1 aromatic heterocycles. The van der Waals surface area contributed by atoms with Crippen molar-refractivity contribution in [1.82, 2.24) is 5.32 Å². The molecule has 1 unspecified atom stereocenters. The molecule has 0 saturated carbocycles. The molecule has 0 aliphatic rings. The zero-order valence-electron chi connectivity index (χ0n) is 12.6. The number of hydrogen-bond acceptors (Lipinski definition) is 3. The normalized spacial score (nSPS) is 12.6. The van der Waals surface area contributed by atoms with Crippen molar-refractivity contribution >= 4 is 24.0 Å². The van der Waals surface area contributed by atoms with Gasteiger partial charge in [0.25, 0.3) is 5.91 Å². The van der Waals surface area contributed by atoms with E-state index in [0.29, 0.717) is 17.7 Å². The molecular formula is C16H21NO4. The van der Waals surface area contributed by atoms with Crippen LogP contribution in [-0.2, 0) is 4.79 Å². The van der Waals surface area contributed by atoms with E-state index < -0.39 is 17.9 Å². The van der Waals surface area contributed by atoms with Crippen molar-refractivity contribution in [1.29, 1.82) is 0 Å². The van der Waals surface area contributed by atoms with Gasteiger partial charge in [0.2, 0.25) is 0 Å². The lowest BCUT2D eigenvalue weighted by atomic mass is 10.0. The van der Waals surface area contributed by atoms with Crippen LogP contribution in [0.5, 0.6) is 0 Å². The van der Waals surface area contributed by atoms with Gasteiger partial charge in [0.05, 0.1) is 0 Å². The van der Waals surface area contributed by atoms with Crippen molar-refractivity contribution in [2.45, 2.75) is 33.2 Å². The number of amides is 1. The molecule has 0 aliphatic heterocycles. The Hall–Kier alpha value is -2.30. The highest BCUT2D eigenvalue weighted by molar-refractivity contribution is 5.95. The summed E-state index contributed by atoms with van der Waals surface area (Å²) < 4.78 is 5.43. The van der Waals surface area contributed by atoms with Crippen LogP contribution in [0.1, 0.15) is 49.1 Å². The highest BCUT2D eigenvalue weighted by Gasteiger charge is 2.23. The fourth-order valence-corrected chi connectivity index (χ4v) is 1.89. The molecule has 0 fully saturated rings. The fourth-order valence-electron chi connectivity index (χ4n) is 1.89. The molecule has 0 spiro atoms. The van der Waals surface area contributed by atoms with E-state index in [4.69, 9.17) is 9.52 Å². The average Bonchev–Trinajstić information content (AvgIpc) is 2.81. The Morgan fingerprint density at radius 2 is 2.14 bits per heavy atom. The molecule has 1 rings (SSSR count). The maximum atomic E-state index is 12.1. The number of carboxylic acids is 1. The zero-order chi connectivity index (χ0) is 16.0. The van der Waals surface area contributed by atoms with Crippen LogP contribution in [0, 0.1) is 5.92 Å². The minimum absolute atomic E-state index is 0.0769. The Morgan fingerprint density at radius 1 is 1.48 bits per heavy atom. The Kier molecular flexibility index (Phi) is 5.96. The first kappa shape index (κ1) is 16.8. The third-order valence-electron chi connectivity index (χ3n) is 2.86. The molecule has 21 heavy (non-hydrogen) atoms. The number of hydrogen-bond donors (Lipinski definition) is 2. The number of rotatable bonds is 7. The van der Waals surface area contributed by atoms with Gasteiger partial charge in [-0.05, 0) is 31.4 Å². The molecule has 0 aromatic carbocycles. The number of aliphatic carboxylic acids is 1. The van der Waals surface area contributed by atoms with Crippen LogP contribution in [0.3, 0.4) is 0 Å². The minimum Gasteiger partial charge on any atom is -0.480 e. The van der Waals surface area contributed by atoms with Gasteiger partial charge in [-0.3, -0.25) is 4.79 Å². The highest BCUT2D eigenvalue weighted by Crippen LogP contribution is 2.19. The number of carboxylic acid groups (broad SMARTS) is 1. The third-order valence-corrected chi connectivity index (χ3v) is 2.86. The largest absolute Gasteiger partial charge is 0.480 e. The van der Waals surface area contributed by atoms with Crippen molar-refractivity contribution < 1.29 is 19.1 Å². The lowest BCUT2D eigenvalue weighted by Gasteiger charge is -2.15. The average molecular weight is 291 g/mol. The summed E-state index contributed by atoms with van der Waals surface area (Å²) in [7, 11) is 0. The van der Waals surface area contributed by atoms with Crippen molar-refractivity contribution in [2.75, 3.05) is 0 Å². The lowest BCUT2D eigenvalue weighted by molar-refractivity contribution is -0.139. The second-order valence-corrected chi connectivity index (χ2v) is 5.13. The minimum atomic E-state index is -1.05. The second kappa shape index (κ2) is 7.47. The fraction of sp³-hybridized carbons (Fsp3) is 0.375. The zero-order valence-corrected chi connectivity index (χ0v) is 12.6. The monoisotopic (exact) mass is 291 g/mol. The van der Waals surface area contributed by atoms with E-state index in [1.165, 1.54) is 0 Å². The van der Waals surface area contributed by atoms with Crippen LogP contribution in [0.2, 0.25) is 0 Å². The van der Waals surface area contributed by atoms with Crippen molar-refractivity contribution in [3.05, 3.63) is 35.8 Å². The van der Waals surface area contributed by atoms with Gasteiger partial charge in [-0.15, -0.1) is 0 Å². The van der Waals surface area contributed by atoms with Gasteiger partial charge in [-0.2, -0.15) is 0 Å². The molecule has 1 heterocycles. The summed E-state index contributed by atoms with van der Waals surface area (Å²) in [5, 5.41) is 11.6. The van der Waals surface area contributed by atoms with Crippen LogP contribution in [-0.4, -0.2) is 23.0 Å². The molecule has 1 atom stereocenters. The SMILES string of the molecule is C=Cc1cc(C(=O)NC(CC(C)C)C(=O)O)oc1/C=C\C. The van der Waals surface area contributed by atoms with Gasteiger partial charge >= 0.3 is 5.97 Å². The first-order chi connectivity index (χ1) is 9.88. The molecule has 5 heteroatoms. The molecule has 0 bridgehead atoms. The summed E-state index contributed by atoms with van der Waals surface area (Å²) in [6.07, 6.45) is 5.44. The molecule has 0 radical (unpaired) electrons. The van der Waals surface area contributed by atoms with Crippen LogP contribution in [0.4, 0.5) is 0 Å². The quantitative estimate of drug-likeness (QED) is 0.808. The van der Waals surface area contributed by atoms with E-state index >= 15 is 0 Å². The predicted octanol–water partition coefficient (Wildman–Crippen LogP) is 3.18. The second-order valence-electron chi connectivity index (χ2n) is 5.13. The molecule has 114 valence electrons. The van der Waals surface area contributed by atoms with E-state index in [-0.39, 0.29) is 11.7 Å². The summed E-state index contributed by atoms with van der Waals surface area (Å²) in [4.78, 5) is 23.3. The van der Waals surface area contributed by atoms with Gasteiger partial charge in [0.15, 0.2) is 5.76 Å². The van der Waals surface area contributed by atoms with Crippen LogP contribution in [0.15, 0.2) is 23.1 Å². The maximum Gasteiger partial charge on any atom is 0.326 e.